The third-order valence-corrected chi connectivity index (χ3v) is 13.1. The quantitative estimate of drug-likeness (QED) is 0.163. The molecule has 0 atom stereocenters. The fraction of sp³-hybridized carbons (Fsp3) is 0. The van der Waals surface area contributed by atoms with Crippen LogP contribution < -0.4 is 4.90 Å². The van der Waals surface area contributed by atoms with Crippen LogP contribution in [-0.2, 0) is 0 Å². The number of anilines is 3. The van der Waals surface area contributed by atoms with Crippen molar-refractivity contribution in [1.29, 1.82) is 0 Å². The van der Waals surface area contributed by atoms with Gasteiger partial charge in [0.25, 0.3) is 0 Å². The largest absolute Gasteiger partial charge is 0.309 e. The highest BCUT2D eigenvalue weighted by molar-refractivity contribution is 6.16. The lowest BCUT2D eigenvalue weighted by atomic mass is 9.94. The summed E-state index contributed by atoms with van der Waals surface area (Å²) in [6.07, 6.45) is 0. The number of rotatable bonds is 6. The first kappa shape index (κ1) is 35.4. The average molecular weight is 802 g/mol. The van der Waals surface area contributed by atoms with Gasteiger partial charge in [-0.05, 0) is 88.6 Å². The summed E-state index contributed by atoms with van der Waals surface area (Å²) in [6.45, 7) is 0. The Morgan fingerprint density at radius 3 is 1.44 bits per heavy atom. The molecule has 13 aromatic rings. The van der Waals surface area contributed by atoms with Crippen molar-refractivity contribution in [3.05, 3.63) is 237 Å². The van der Waals surface area contributed by atoms with E-state index in [0.29, 0.717) is 0 Å². The van der Waals surface area contributed by atoms with E-state index in [2.05, 4.69) is 251 Å². The summed E-state index contributed by atoms with van der Waals surface area (Å²) in [6, 6.07) is 86.6. The van der Waals surface area contributed by atoms with Crippen molar-refractivity contribution in [2.24, 2.45) is 0 Å². The Kier molecular flexibility index (Phi) is 7.91. The molecule has 0 unspecified atom stereocenters. The highest BCUT2D eigenvalue weighted by Gasteiger charge is 2.23. The van der Waals surface area contributed by atoms with Crippen LogP contribution in [0.15, 0.2) is 237 Å². The molecule has 3 heteroatoms. The fourth-order valence-electron chi connectivity index (χ4n) is 10.4. The molecule has 0 fully saturated rings. The van der Waals surface area contributed by atoms with Crippen molar-refractivity contribution in [1.82, 2.24) is 9.13 Å². The van der Waals surface area contributed by atoms with E-state index in [-0.39, 0.29) is 0 Å². The number of benzene rings is 11. The van der Waals surface area contributed by atoms with Crippen molar-refractivity contribution >= 4 is 93.0 Å². The van der Waals surface area contributed by atoms with Crippen molar-refractivity contribution < 1.29 is 0 Å². The maximum atomic E-state index is 2.50. The van der Waals surface area contributed by atoms with Gasteiger partial charge in [-0.3, -0.25) is 0 Å². The van der Waals surface area contributed by atoms with Gasteiger partial charge in [-0.25, -0.2) is 0 Å². The number of hydrogen-bond acceptors (Lipinski definition) is 1. The summed E-state index contributed by atoms with van der Waals surface area (Å²) in [5.41, 5.74) is 12.9. The van der Waals surface area contributed by atoms with E-state index in [1.807, 2.05) is 0 Å². The molecule has 294 valence electrons. The maximum Gasteiger partial charge on any atom is 0.0542 e. The van der Waals surface area contributed by atoms with E-state index in [4.69, 9.17) is 0 Å². The Labute approximate surface area is 364 Å². The molecule has 0 radical (unpaired) electrons. The Hall–Kier alpha value is -8.40. The lowest BCUT2D eigenvalue weighted by Crippen LogP contribution is -2.12. The van der Waals surface area contributed by atoms with Gasteiger partial charge in [0.1, 0.15) is 0 Å². The van der Waals surface area contributed by atoms with Crippen LogP contribution in [0.5, 0.6) is 0 Å². The highest BCUT2D eigenvalue weighted by atomic mass is 15.1. The molecule has 0 saturated heterocycles. The highest BCUT2D eigenvalue weighted by Crippen LogP contribution is 2.48. The molecule has 0 saturated carbocycles. The van der Waals surface area contributed by atoms with Crippen LogP contribution in [0.3, 0.4) is 0 Å². The summed E-state index contributed by atoms with van der Waals surface area (Å²) < 4.78 is 4.83. The predicted molar refractivity (Wildman–Crippen MR) is 268 cm³/mol. The molecular weight excluding hydrogens is 763 g/mol. The van der Waals surface area contributed by atoms with Gasteiger partial charge in [0, 0.05) is 48.8 Å². The predicted octanol–water partition coefficient (Wildman–Crippen LogP) is 16.5. The first-order valence-corrected chi connectivity index (χ1v) is 21.7. The Balaban J connectivity index is 1.05. The zero-order chi connectivity index (χ0) is 41.4. The van der Waals surface area contributed by atoms with Crippen LogP contribution in [0, 0.1) is 0 Å². The van der Waals surface area contributed by atoms with Gasteiger partial charge in [0.2, 0.25) is 0 Å². The fourth-order valence-corrected chi connectivity index (χ4v) is 10.4. The summed E-state index contributed by atoms with van der Waals surface area (Å²) >= 11 is 0. The van der Waals surface area contributed by atoms with Crippen LogP contribution in [0.4, 0.5) is 17.1 Å². The number of hydrogen-bond donors (Lipinski definition) is 0. The zero-order valence-corrected chi connectivity index (χ0v) is 34.4. The molecule has 13 rings (SSSR count). The molecule has 0 N–H and O–H groups in total. The molecule has 0 spiro atoms. The first-order valence-electron chi connectivity index (χ1n) is 21.7. The summed E-state index contributed by atoms with van der Waals surface area (Å²) in [5, 5.41) is 12.2. The minimum absolute atomic E-state index is 1.12. The minimum Gasteiger partial charge on any atom is -0.309 e. The molecule has 0 aliphatic carbocycles. The lowest BCUT2D eigenvalue weighted by Gasteiger charge is -2.30. The average Bonchev–Trinajstić information content (AvgIpc) is 3.87. The molecule has 0 aliphatic rings. The van der Waals surface area contributed by atoms with Crippen molar-refractivity contribution in [2.45, 2.75) is 0 Å². The SMILES string of the molecule is c1ccc(-n2c3ccccc3c3cc(-c4ccc(N(c5cccc6ccccc56)c5ccc(-n6c7ccccc7c7ccccc76)c6ccccc56)c5ccccc45)ccc32)cc1. The summed E-state index contributed by atoms with van der Waals surface area (Å²) in [7, 11) is 0. The van der Waals surface area contributed by atoms with Crippen LogP contribution >= 0.6 is 0 Å². The normalized spacial score (nSPS) is 11.8. The summed E-state index contributed by atoms with van der Waals surface area (Å²) in [5.74, 6) is 0. The second-order valence-electron chi connectivity index (χ2n) is 16.5. The van der Waals surface area contributed by atoms with E-state index in [9.17, 15) is 0 Å². The van der Waals surface area contributed by atoms with Crippen LogP contribution in [0.1, 0.15) is 0 Å². The standard InChI is InChI=1S/C60H39N3/c1-2-19-42(20-3-1)61-54-29-13-12-28-51(54)52-39-41(33-35-60(52)61)43-34-36-57(46-23-7-6-22-45(43)46)62(53-32-16-18-40-17-4-5-21-44(40)53)58-37-38-59(50-25-9-8-24-49(50)58)63-55-30-14-10-26-47(55)48-27-11-15-31-56(48)63/h1-39H. The monoisotopic (exact) mass is 801 g/mol. The topological polar surface area (TPSA) is 13.1 Å². The molecule has 3 nitrogen and oxygen atoms in total. The number of fused-ring (bicyclic) bond motifs is 9. The molecule has 11 aromatic carbocycles. The van der Waals surface area contributed by atoms with Crippen LogP contribution in [0.2, 0.25) is 0 Å². The number of nitrogens with zero attached hydrogens (tertiary/aromatic N) is 3. The van der Waals surface area contributed by atoms with Gasteiger partial charge in [0.05, 0.1) is 44.8 Å². The molecule has 0 bridgehead atoms. The molecular formula is C60H39N3. The molecule has 63 heavy (non-hydrogen) atoms. The third kappa shape index (κ3) is 5.40. The van der Waals surface area contributed by atoms with Crippen molar-refractivity contribution in [2.75, 3.05) is 4.90 Å². The smallest absolute Gasteiger partial charge is 0.0542 e. The second kappa shape index (κ2) is 14.1. The Bertz CT molecular complexity index is 3870. The molecule has 0 amide bonds. The van der Waals surface area contributed by atoms with Crippen LogP contribution in [-0.4, -0.2) is 9.13 Å². The maximum absolute atomic E-state index is 2.50. The summed E-state index contributed by atoms with van der Waals surface area (Å²) in [4.78, 5) is 2.50. The number of aromatic nitrogens is 2. The zero-order valence-electron chi connectivity index (χ0n) is 34.4. The van der Waals surface area contributed by atoms with Gasteiger partial charge < -0.3 is 14.0 Å². The van der Waals surface area contributed by atoms with Gasteiger partial charge in [-0.15, -0.1) is 0 Å². The van der Waals surface area contributed by atoms with Crippen molar-refractivity contribution in [3.63, 3.8) is 0 Å². The number of para-hydroxylation sites is 4. The molecule has 0 aliphatic heterocycles. The Morgan fingerprint density at radius 2 is 0.746 bits per heavy atom. The van der Waals surface area contributed by atoms with E-state index in [0.717, 1.165) is 28.4 Å². The van der Waals surface area contributed by atoms with Gasteiger partial charge in [0.15, 0.2) is 0 Å². The van der Waals surface area contributed by atoms with E-state index in [1.54, 1.807) is 0 Å². The van der Waals surface area contributed by atoms with E-state index >= 15 is 0 Å². The second-order valence-corrected chi connectivity index (χ2v) is 16.5. The lowest BCUT2D eigenvalue weighted by molar-refractivity contribution is 1.18. The van der Waals surface area contributed by atoms with Gasteiger partial charge in [-0.2, -0.15) is 0 Å². The molecule has 2 aromatic heterocycles. The van der Waals surface area contributed by atoms with E-state index < -0.39 is 0 Å². The Morgan fingerprint density at radius 1 is 0.270 bits per heavy atom. The molecule has 2 heterocycles. The van der Waals surface area contributed by atoms with E-state index in [1.165, 1.54) is 87.1 Å². The van der Waals surface area contributed by atoms with Crippen molar-refractivity contribution in [3.8, 4) is 22.5 Å². The first-order chi connectivity index (χ1) is 31.3. The minimum atomic E-state index is 1.12. The van der Waals surface area contributed by atoms with Gasteiger partial charge >= 0.3 is 0 Å². The van der Waals surface area contributed by atoms with Gasteiger partial charge in [-0.1, -0.05) is 170 Å². The third-order valence-electron chi connectivity index (χ3n) is 13.1. The van der Waals surface area contributed by atoms with Crippen LogP contribution in [0.25, 0.3) is 98.4 Å².